The zero-order chi connectivity index (χ0) is 26.0. The van der Waals surface area contributed by atoms with Crippen LogP contribution in [0.4, 0.5) is 5.69 Å². The maximum absolute atomic E-state index is 13.3. The smallest absolute Gasteiger partial charge is 0.308 e. The van der Waals surface area contributed by atoms with Crippen LogP contribution >= 0.6 is 11.6 Å². The van der Waals surface area contributed by atoms with E-state index in [2.05, 4.69) is 0 Å². The van der Waals surface area contributed by atoms with Gasteiger partial charge in [0.25, 0.3) is 11.7 Å². The standard InChI is InChI=1S/C27H22ClNO7/c1-15(30)36-19-10-7-16(8-11-19)24-23(25(31)17-9-12-22(35-3)21(28)13-17)26(32)27(33)29(24)18-5-4-6-20(14-18)34-2/h4-14,24,31H,1-3H3/b25-23+. The van der Waals surface area contributed by atoms with Crippen LogP contribution < -0.4 is 19.1 Å². The lowest BCUT2D eigenvalue weighted by atomic mass is 9.95. The number of aliphatic hydroxyl groups excluding tert-OH is 1. The molecule has 1 aliphatic rings. The Morgan fingerprint density at radius 1 is 0.944 bits per heavy atom. The number of ketones is 1. The SMILES string of the molecule is COc1cccc(N2C(=O)C(=O)/C(=C(/O)c3ccc(OC)c(Cl)c3)C2c2ccc(OC(C)=O)cc2)c1. The van der Waals surface area contributed by atoms with Crippen molar-refractivity contribution in [3.63, 3.8) is 0 Å². The van der Waals surface area contributed by atoms with Crippen LogP contribution in [0.15, 0.2) is 72.3 Å². The van der Waals surface area contributed by atoms with Gasteiger partial charge in [0.05, 0.1) is 30.9 Å². The molecule has 1 saturated heterocycles. The minimum atomic E-state index is -0.982. The number of hydrogen-bond acceptors (Lipinski definition) is 7. The molecule has 0 radical (unpaired) electrons. The van der Waals surface area contributed by atoms with Crippen molar-refractivity contribution in [3.8, 4) is 17.2 Å². The van der Waals surface area contributed by atoms with Crippen molar-refractivity contribution in [2.75, 3.05) is 19.1 Å². The highest BCUT2D eigenvalue weighted by atomic mass is 35.5. The van der Waals surface area contributed by atoms with E-state index in [9.17, 15) is 19.5 Å². The van der Waals surface area contributed by atoms with Gasteiger partial charge in [-0.3, -0.25) is 19.3 Å². The Morgan fingerprint density at radius 3 is 2.28 bits per heavy atom. The fraction of sp³-hybridized carbons (Fsp3) is 0.148. The summed E-state index contributed by atoms with van der Waals surface area (Å²) in [5.74, 6) is -1.39. The molecule has 1 N–H and O–H groups in total. The summed E-state index contributed by atoms with van der Waals surface area (Å²) in [6, 6.07) is 16.6. The number of aliphatic hydroxyl groups is 1. The van der Waals surface area contributed by atoms with Gasteiger partial charge in [-0.05, 0) is 48.0 Å². The van der Waals surface area contributed by atoms with Crippen LogP contribution in [0, 0.1) is 0 Å². The fourth-order valence-corrected chi connectivity index (χ4v) is 4.29. The van der Waals surface area contributed by atoms with E-state index in [1.807, 2.05) is 0 Å². The van der Waals surface area contributed by atoms with E-state index < -0.39 is 29.5 Å². The number of methoxy groups -OCH3 is 2. The summed E-state index contributed by atoms with van der Waals surface area (Å²) in [5, 5.41) is 11.5. The van der Waals surface area contributed by atoms with E-state index in [-0.39, 0.29) is 16.2 Å². The van der Waals surface area contributed by atoms with Crippen molar-refractivity contribution in [3.05, 3.63) is 88.5 Å². The Labute approximate surface area is 212 Å². The van der Waals surface area contributed by atoms with E-state index in [4.69, 9.17) is 25.8 Å². The number of Topliss-reactive ketones (excluding diaryl/α,β-unsaturated/α-hetero) is 1. The molecule has 0 aromatic heterocycles. The number of rotatable bonds is 6. The first-order chi connectivity index (χ1) is 17.2. The number of nitrogens with zero attached hydrogens (tertiary/aromatic N) is 1. The number of hydrogen-bond donors (Lipinski definition) is 1. The quantitative estimate of drug-likeness (QED) is 0.166. The van der Waals surface area contributed by atoms with Gasteiger partial charge in [-0.1, -0.05) is 29.8 Å². The van der Waals surface area contributed by atoms with Crippen molar-refractivity contribution in [1.82, 2.24) is 0 Å². The van der Waals surface area contributed by atoms with Crippen LogP contribution in [0.3, 0.4) is 0 Å². The summed E-state index contributed by atoms with van der Waals surface area (Å²) in [6.07, 6.45) is 0. The molecule has 1 atom stereocenters. The molecule has 0 bridgehead atoms. The van der Waals surface area contributed by atoms with Crippen LogP contribution in [0.2, 0.25) is 5.02 Å². The molecule has 36 heavy (non-hydrogen) atoms. The number of benzene rings is 3. The Kier molecular flexibility index (Phi) is 6.98. The van der Waals surface area contributed by atoms with Gasteiger partial charge in [-0.15, -0.1) is 0 Å². The summed E-state index contributed by atoms with van der Waals surface area (Å²) >= 11 is 6.24. The van der Waals surface area contributed by atoms with Gasteiger partial charge in [0.15, 0.2) is 0 Å². The third-order valence-electron chi connectivity index (χ3n) is 5.66. The van der Waals surface area contributed by atoms with Gasteiger partial charge < -0.3 is 19.3 Å². The number of anilines is 1. The summed E-state index contributed by atoms with van der Waals surface area (Å²) in [5.41, 5.74) is 1.03. The average molecular weight is 508 g/mol. The summed E-state index contributed by atoms with van der Waals surface area (Å²) in [4.78, 5) is 39.2. The molecule has 0 aliphatic carbocycles. The van der Waals surface area contributed by atoms with Gasteiger partial charge in [0, 0.05) is 24.2 Å². The van der Waals surface area contributed by atoms with Crippen molar-refractivity contribution >= 4 is 40.7 Å². The zero-order valence-corrected chi connectivity index (χ0v) is 20.4. The van der Waals surface area contributed by atoms with Crippen molar-refractivity contribution in [2.24, 2.45) is 0 Å². The average Bonchev–Trinajstić information content (AvgIpc) is 3.14. The van der Waals surface area contributed by atoms with Crippen molar-refractivity contribution < 1.29 is 33.7 Å². The van der Waals surface area contributed by atoms with Crippen molar-refractivity contribution in [2.45, 2.75) is 13.0 Å². The van der Waals surface area contributed by atoms with E-state index in [0.717, 1.165) is 0 Å². The molecule has 3 aromatic rings. The maximum atomic E-state index is 13.3. The second-order valence-electron chi connectivity index (χ2n) is 7.88. The zero-order valence-electron chi connectivity index (χ0n) is 19.7. The largest absolute Gasteiger partial charge is 0.507 e. The lowest BCUT2D eigenvalue weighted by Crippen LogP contribution is -2.29. The number of carbonyl (C=O) groups excluding carboxylic acids is 3. The molecular weight excluding hydrogens is 486 g/mol. The van der Waals surface area contributed by atoms with Gasteiger partial charge in [0.1, 0.15) is 23.0 Å². The highest BCUT2D eigenvalue weighted by molar-refractivity contribution is 6.51. The van der Waals surface area contributed by atoms with Gasteiger partial charge in [-0.25, -0.2) is 0 Å². The fourth-order valence-electron chi connectivity index (χ4n) is 4.03. The molecule has 3 aromatic carbocycles. The number of esters is 1. The Morgan fingerprint density at radius 2 is 1.67 bits per heavy atom. The van der Waals surface area contributed by atoms with Crippen LogP contribution in [-0.4, -0.2) is 37.0 Å². The summed E-state index contributed by atoms with van der Waals surface area (Å²) in [7, 11) is 2.95. The van der Waals surface area contributed by atoms with Crippen LogP contribution in [0.25, 0.3) is 5.76 Å². The van der Waals surface area contributed by atoms with Gasteiger partial charge >= 0.3 is 5.97 Å². The molecule has 0 saturated carbocycles. The lowest BCUT2D eigenvalue weighted by Gasteiger charge is -2.26. The third kappa shape index (κ3) is 4.63. The summed E-state index contributed by atoms with van der Waals surface area (Å²) < 4.78 is 15.6. The lowest BCUT2D eigenvalue weighted by molar-refractivity contribution is -0.132. The van der Waals surface area contributed by atoms with E-state index in [1.165, 1.54) is 32.1 Å². The Bertz CT molecular complexity index is 1380. The number of carbonyl (C=O) groups is 3. The van der Waals surface area contributed by atoms with E-state index >= 15 is 0 Å². The first kappa shape index (κ1) is 24.8. The minimum Gasteiger partial charge on any atom is -0.507 e. The molecule has 8 nitrogen and oxygen atoms in total. The molecule has 9 heteroatoms. The monoisotopic (exact) mass is 507 g/mol. The topological polar surface area (TPSA) is 102 Å². The minimum absolute atomic E-state index is 0.121. The molecule has 184 valence electrons. The highest BCUT2D eigenvalue weighted by Crippen LogP contribution is 2.43. The molecule has 1 amide bonds. The summed E-state index contributed by atoms with van der Waals surface area (Å²) in [6.45, 7) is 1.28. The maximum Gasteiger partial charge on any atom is 0.308 e. The highest BCUT2D eigenvalue weighted by Gasteiger charge is 2.47. The van der Waals surface area contributed by atoms with Crippen molar-refractivity contribution in [1.29, 1.82) is 0 Å². The number of halogens is 1. The Balaban J connectivity index is 1.91. The van der Waals surface area contributed by atoms with Gasteiger partial charge in [-0.2, -0.15) is 0 Å². The van der Waals surface area contributed by atoms with E-state index in [1.54, 1.807) is 60.7 Å². The first-order valence-electron chi connectivity index (χ1n) is 10.8. The van der Waals surface area contributed by atoms with Crippen LogP contribution in [0.1, 0.15) is 24.1 Å². The molecule has 1 unspecified atom stereocenters. The predicted octanol–water partition coefficient (Wildman–Crippen LogP) is 4.91. The molecule has 1 heterocycles. The number of ether oxygens (including phenoxy) is 3. The second-order valence-corrected chi connectivity index (χ2v) is 8.29. The van der Waals surface area contributed by atoms with E-state index in [0.29, 0.717) is 28.5 Å². The second kappa shape index (κ2) is 10.1. The molecule has 0 spiro atoms. The predicted molar refractivity (Wildman–Crippen MR) is 134 cm³/mol. The Hall–Kier alpha value is -4.30. The van der Waals surface area contributed by atoms with Crippen LogP contribution in [0.5, 0.6) is 17.2 Å². The molecular formula is C27H22ClNO7. The number of amides is 1. The third-order valence-corrected chi connectivity index (χ3v) is 5.95. The molecule has 1 fully saturated rings. The molecule has 4 rings (SSSR count). The van der Waals surface area contributed by atoms with Gasteiger partial charge in [0.2, 0.25) is 0 Å². The van der Waals surface area contributed by atoms with Crippen LogP contribution in [-0.2, 0) is 14.4 Å². The first-order valence-corrected chi connectivity index (χ1v) is 11.2. The molecule has 1 aliphatic heterocycles. The normalized spacial score (nSPS) is 16.7.